The fourth-order valence-corrected chi connectivity index (χ4v) is 1.87. The normalized spacial score (nSPS) is 10.2. The summed E-state index contributed by atoms with van der Waals surface area (Å²) in [6.07, 6.45) is 0.543. The topological polar surface area (TPSA) is 17.1 Å². The van der Waals surface area contributed by atoms with Crippen molar-refractivity contribution in [1.29, 1.82) is 0 Å². The van der Waals surface area contributed by atoms with E-state index in [0.717, 1.165) is 16.7 Å². The lowest BCUT2D eigenvalue weighted by Gasteiger charge is -2.05. The van der Waals surface area contributed by atoms with E-state index in [9.17, 15) is 4.79 Å². The van der Waals surface area contributed by atoms with Gasteiger partial charge < -0.3 is 0 Å². The minimum absolute atomic E-state index is 0.181. The van der Waals surface area contributed by atoms with Crippen LogP contribution in [0.1, 0.15) is 27.9 Å². The summed E-state index contributed by atoms with van der Waals surface area (Å²) in [4.78, 5) is 11.6. The Hall–Kier alpha value is -0.340. The zero-order valence-electron chi connectivity index (χ0n) is 8.02. The van der Waals surface area contributed by atoms with E-state index in [-0.39, 0.29) is 5.78 Å². The first-order valence-electron chi connectivity index (χ1n) is 4.43. The molecule has 76 valence electrons. The van der Waals surface area contributed by atoms with E-state index in [0.29, 0.717) is 17.6 Å². The molecule has 0 amide bonds. The molecular formula is C11H12BrClO. The first-order valence-corrected chi connectivity index (χ1v) is 6.09. The molecule has 14 heavy (non-hydrogen) atoms. The molecule has 0 atom stereocenters. The number of ketones is 1. The molecule has 1 aromatic rings. The van der Waals surface area contributed by atoms with Crippen LogP contribution in [0.5, 0.6) is 0 Å². The summed E-state index contributed by atoms with van der Waals surface area (Å²) in [6, 6.07) is 5.73. The highest BCUT2D eigenvalue weighted by atomic mass is 79.9. The summed E-state index contributed by atoms with van der Waals surface area (Å²) in [5, 5.41) is 0.711. The van der Waals surface area contributed by atoms with Gasteiger partial charge in [0.25, 0.3) is 0 Å². The molecular weight excluding hydrogens is 263 g/mol. The number of hydrogen-bond donors (Lipinski definition) is 0. The van der Waals surface area contributed by atoms with Gasteiger partial charge in [0.2, 0.25) is 0 Å². The largest absolute Gasteiger partial charge is 0.294 e. The minimum Gasteiger partial charge on any atom is -0.294 e. The SMILES string of the molecule is Cc1cc(CCl)ccc1C(=O)CCBr. The third kappa shape index (κ3) is 2.82. The molecule has 0 radical (unpaired) electrons. The van der Waals surface area contributed by atoms with Crippen LogP contribution in [0.25, 0.3) is 0 Å². The Kier molecular flexibility index (Phi) is 4.63. The van der Waals surface area contributed by atoms with Gasteiger partial charge in [-0.05, 0) is 18.1 Å². The number of benzene rings is 1. The van der Waals surface area contributed by atoms with Crippen molar-refractivity contribution in [2.75, 3.05) is 5.33 Å². The van der Waals surface area contributed by atoms with Crippen molar-refractivity contribution in [3.05, 3.63) is 34.9 Å². The predicted molar refractivity (Wildman–Crippen MR) is 63.5 cm³/mol. The van der Waals surface area contributed by atoms with Gasteiger partial charge in [-0.1, -0.05) is 34.1 Å². The highest BCUT2D eigenvalue weighted by Gasteiger charge is 2.08. The van der Waals surface area contributed by atoms with Crippen LogP contribution in [-0.4, -0.2) is 11.1 Å². The number of aryl methyl sites for hydroxylation is 1. The average Bonchev–Trinajstić information content (AvgIpc) is 2.17. The van der Waals surface area contributed by atoms with Gasteiger partial charge in [0.1, 0.15) is 0 Å². The summed E-state index contributed by atoms with van der Waals surface area (Å²) in [7, 11) is 0. The van der Waals surface area contributed by atoms with E-state index >= 15 is 0 Å². The maximum atomic E-state index is 11.6. The summed E-state index contributed by atoms with van der Waals surface area (Å²) in [6.45, 7) is 1.94. The van der Waals surface area contributed by atoms with Crippen molar-refractivity contribution in [3.8, 4) is 0 Å². The van der Waals surface area contributed by atoms with Gasteiger partial charge in [-0.25, -0.2) is 0 Å². The van der Waals surface area contributed by atoms with Gasteiger partial charge in [-0.2, -0.15) is 0 Å². The molecule has 0 fully saturated rings. The Morgan fingerprint density at radius 1 is 1.50 bits per heavy atom. The highest BCUT2D eigenvalue weighted by Crippen LogP contribution is 2.15. The number of carbonyl (C=O) groups excluding carboxylic acids is 1. The van der Waals surface area contributed by atoms with E-state index in [1.165, 1.54) is 0 Å². The molecule has 0 saturated heterocycles. The second kappa shape index (κ2) is 5.52. The van der Waals surface area contributed by atoms with Gasteiger partial charge in [-0.3, -0.25) is 4.79 Å². The third-order valence-electron chi connectivity index (χ3n) is 2.07. The average molecular weight is 276 g/mol. The van der Waals surface area contributed by atoms with Crippen molar-refractivity contribution in [1.82, 2.24) is 0 Å². The van der Waals surface area contributed by atoms with Gasteiger partial charge in [0, 0.05) is 23.2 Å². The zero-order valence-corrected chi connectivity index (χ0v) is 10.4. The summed E-state index contributed by atoms with van der Waals surface area (Å²) >= 11 is 8.96. The van der Waals surface area contributed by atoms with Crippen LogP contribution in [0.2, 0.25) is 0 Å². The van der Waals surface area contributed by atoms with Crippen molar-refractivity contribution in [2.45, 2.75) is 19.2 Å². The Bertz CT molecular complexity index is 336. The first kappa shape index (κ1) is 11.7. The van der Waals surface area contributed by atoms with Crippen LogP contribution < -0.4 is 0 Å². The Morgan fingerprint density at radius 2 is 2.21 bits per heavy atom. The second-order valence-electron chi connectivity index (χ2n) is 3.15. The maximum absolute atomic E-state index is 11.6. The second-order valence-corrected chi connectivity index (χ2v) is 4.21. The Labute approximate surface area is 97.6 Å². The van der Waals surface area contributed by atoms with Crippen LogP contribution in [0.15, 0.2) is 18.2 Å². The van der Waals surface area contributed by atoms with E-state index in [2.05, 4.69) is 15.9 Å². The fourth-order valence-electron chi connectivity index (χ4n) is 1.34. The molecule has 0 saturated carbocycles. The third-order valence-corrected chi connectivity index (χ3v) is 2.77. The van der Waals surface area contributed by atoms with Gasteiger partial charge in [-0.15, -0.1) is 11.6 Å². The lowest BCUT2D eigenvalue weighted by molar-refractivity contribution is 0.0989. The predicted octanol–water partition coefficient (Wildman–Crippen LogP) is 3.70. The Morgan fingerprint density at radius 3 is 2.71 bits per heavy atom. The standard InChI is InChI=1S/C11H12BrClO/c1-8-6-9(7-13)2-3-10(8)11(14)4-5-12/h2-3,6H,4-5,7H2,1H3. The van der Waals surface area contributed by atoms with Crippen LogP contribution in [-0.2, 0) is 5.88 Å². The number of hydrogen-bond acceptors (Lipinski definition) is 1. The number of carbonyl (C=O) groups is 1. The molecule has 1 aromatic carbocycles. The number of halogens is 2. The molecule has 0 aliphatic heterocycles. The van der Waals surface area contributed by atoms with Crippen molar-refractivity contribution in [3.63, 3.8) is 0 Å². The summed E-state index contributed by atoms with van der Waals surface area (Å²) in [5.41, 5.74) is 2.87. The molecule has 3 heteroatoms. The molecule has 0 aromatic heterocycles. The molecule has 0 spiro atoms. The molecule has 1 rings (SSSR count). The van der Waals surface area contributed by atoms with Crippen molar-refractivity contribution in [2.24, 2.45) is 0 Å². The summed E-state index contributed by atoms with van der Waals surface area (Å²) in [5.74, 6) is 0.675. The smallest absolute Gasteiger partial charge is 0.163 e. The van der Waals surface area contributed by atoms with Crippen LogP contribution in [0.3, 0.4) is 0 Å². The van der Waals surface area contributed by atoms with Crippen LogP contribution in [0, 0.1) is 6.92 Å². The minimum atomic E-state index is 0.181. The lowest BCUT2D eigenvalue weighted by atomic mass is 10.0. The van der Waals surface area contributed by atoms with Gasteiger partial charge in [0.15, 0.2) is 5.78 Å². The van der Waals surface area contributed by atoms with Crippen molar-refractivity contribution < 1.29 is 4.79 Å². The maximum Gasteiger partial charge on any atom is 0.163 e. The van der Waals surface area contributed by atoms with Crippen molar-refractivity contribution >= 4 is 33.3 Å². The van der Waals surface area contributed by atoms with Crippen LogP contribution >= 0.6 is 27.5 Å². The van der Waals surface area contributed by atoms with Gasteiger partial charge >= 0.3 is 0 Å². The molecule has 0 aliphatic carbocycles. The lowest BCUT2D eigenvalue weighted by Crippen LogP contribution is -2.02. The van der Waals surface area contributed by atoms with Gasteiger partial charge in [0.05, 0.1) is 0 Å². The van der Waals surface area contributed by atoms with E-state index in [1.54, 1.807) is 0 Å². The van der Waals surface area contributed by atoms with E-state index in [4.69, 9.17) is 11.6 Å². The quantitative estimate of drug-likeness (QED) is 0.605. The van der Waals surface area contributed by atoms with Crippen LogP contribution in [0.4, 0.5) is 0 Å². The molecule has 0 heterocycles. The Balaban J connectivity index is 2.94. The number of Topliss-reactive ketones (excluding diaryl/α,β-unsaturated/α-hetero) is 1. The molecule has 1 nitrogen and oxygen atoms in total. The van der Waals surface area contributed by atoms with E-state index < -0.39 is 0 Å². The number of rotatable bonds is 4. The van der Waals surface area contributed by atoms with E-state index in [1.807, 2.05) is 25.1 Å². The summed E-state index contributed by atoms with van der Waals surface area (Å²) < 4.78 is 0. The zero-order chi connectivity index (χ0) is 10.6. The highest BCUT2D eigenvalue weighted by molar-refractivity contribution is 9.09. The fraction of sp³-hybridized carbons (Fsp3) is 0.364. The molecule has 0 bridgehead atoms. The molecule has 0 N–H and O–H groups in total. The first-order chi connectivity index (χ1) is 6.69. The molecule has 0 unspecified atom stereocenters. The molecule has 0 aliphatic rings. The number of alkyl halides is 2. The monoisotopic (exact) mass is 274 g/mol.